The van der Waals surface area contributed by atoms with Crippen molar-refractivity contribution in [1.29, 1.82) is 0 Å². The number of carbonyl (C=O) groups excluding carboxylic acids is 3. The summed E-state index contributed by atoms with van der Waals surface area (Å²) in [5, 5.41) is 12.5. The van der Waals surface area contributed by atoms with Crippen LogP contribution in [0.4, 0.5) is 0 Å². The second-order valence-corrected chi connectivity index (χ2v) is 5.11. The Morgan fingerprint density at radius 3 is 2.26 bits per heavy atom. The Labute approximate surface area is 111 Å². The van der Waals surface area contributed by atoms with Crippen LogP contribution >= 0.6 is 11.5 Å². The maximum absolute atomic E-state index is 12.1. The molecule has 1 aromatic rings. The molecule has 0 bridgehead atoms. The average molecular weight is 282 g/mol. The van der Waals surface area contributed by atoms with Crippen LogP contribution in [0.3, 0.4) is 0 Å². The van der Waals surface area contributed by atoms with Crippen LogP contribution in [0.15, 0.2) is 0 Å². The van der Waals surface area contributed by atoms with Gasteiger partial charge in [0.05, 0.1) is 11.6 Å². The first kappa shape index (κ1) is 13.5. The van der Waals surface area contributed by atoms with Crippen LogP contribution in [0.2, 0.25) is 0 Å². The van der Waals surface area contributed by atoms with E-state index in [2.05, 4.69) is 9.59 Å². The van der Waals surface area contributed by atoms with Crippen molar-refractivity contribution in [2.75, 3.05) is 0 Å². The van der Waals surface area contributed by atoms with Gasteiger partial charge >= 0.3 is 5.97 Å². The smallest absolute Gasteiger partial charge is 0.307 e. The molecule has 1 aliphatic rings. The maximum atomic E-state index is 12.1. The summed E-state index contributed by atoms with van der Waals surface area (Å²) in [5.41, 5.74) is 0.371. The Morgan fingerprint density at radius 1 is 1.26 bits per heavy atom. The number of carbonyl (C=O) groups is 4. The molecule has 8 heteroatoms. The highest BCUT2D eigenvalue weighted by Crippen LogP contribution is 2.27. The van der Waals surface area contributed by atoms with E-state index in [1.54, 1.807) is 6.92 Å². The summed E-state index contributed by atoms with van der Waals surface area (Å²) in [6.07, 6.45) is -0.578. The van der Waals surface area contributed by atoms with Crippen molar-refractivity contribution in [3.63, 3.8) is 0 Å². The molecule has 1 N–H and O–H groups in total. The van der Waals surface area contributed by atoms with Gasteiger partial charge in [-0.25, -0.2) is 0 Å². The van der Waals surface area contributed by atoms with Crippen LogP contribution in [-0.4, -0.2) is 38.0 Å². The zero-order chi connectivity index (χ0) is 14.2. The SMILES string of the molecule is Cc1nnsc1C(=O)C1C(=O)CC(C(=O)O)CC1=O. The molecule has 1 saturated carbocycles. The van der Waals surface area contributed by atoms with Crippen LogP contribution < -0.4 is 0 Å². The number of aromatic nitrogens is 2. The van der Waals surface area contributed by atoms with Crippen LogP contribution in [0.25, 0.3) is 0 Å². The summed E-state index contributed by atoms with van der Waals surface area (Å²) in [4.78, 5) is 46.8. The number of hydrogen-bond acceptors (Lipinski definition) is 7. The van der Waals surface area contributed by atoms with Gasteiger partial charge < -0.3 is 5.11 Å². The molecule has 0 radical (unpaired) electrons. The second kappa shape index (κ2) is 4.96. The highest BCUT2D eigenvalue weighted by atomic mass is 32.1. The van der Waals surface area contributed by atoms with Crippen LogP contribution in [0.5, 0.6) is 0 Å². The molecular formula is C11H10N2O5S. The number of Topliss-reactive ketones (excluding diaryl/α,β-unsaturated/α-hetero) is 3. The van der Waals surface area contributed by atoms with Crippen molar-refractivity contribution >= 4 is 34.9 Å². The number of ketones is 3. The van der Waals surface area contributed by atoms with Gasteiger partial charge in [0.2, 0.25) is 0 Å². The topological polar surface area (TPSA) is 114 Å². The normalized spacial score (nSPS) is 23.4. The first-order chi connectivity index (χ1) is 8.91. The third-order valence-electron chi connectivity index (χ3n) is 3.03. The molecule has 2 rings (SSSR count). The van der Waals surface area contributed by atoms with Gasteiger partial charge in [0, 0.05) is 12.8 Å². The van der Waals surface area contributed by atoms with Gasteiger partial charge in [-0.1, -0.05) is 4.49 Å². The molecule has 100 valence electrons. The highest BCUT2D eigenvalue weighted by Gasteiger charge is 2.43. The molecule has 0 unspecified atom stereocenters. The van der Waals surface area contributed by atoms with Gasteiger partial charge in [0.1, 0.15) is 10.8 Å². The van der Waals surface area contributed by atoms with E-state index in [0.717, 1.165) is 11.5 Å². The molecular weight excluding hydrogens is 272 g/mol. The molecule has 0 saturated heterocycles. The Balaban J connectivity index is 2.25. The van der Waals surface area contributed by atoms with Gasteiger partial charge in [-0.05, 0) is 18.5 Å². The van der Waals surface area contributed by atoms with E-state index in [-0.39, 0.29) is 17.7 Å². The van der Waals surface area contributed by atoms with Crippen molar-refractivity contribution in [2.45, 2.75) is 19.8 Å². The molecule has 0 amide bonds. The lowest BCUT2D eigenvalue weighted by Crippen LogP contribution is -2.40. The number of carboxylic acid groups (broad SMARTS) is 1. The molecule has 1 fully saturated rings. The predicted molar refractivity (Wildman–Crippen MR) is 62.8 cm³/mol. The van der Waals surface area contributed by atoms with Gasteiger partial charge in [0.15, 0.2) is 17.3 Å². The fraction of sp³-hybridized carbons (Fsp3) is 0.455. The standard InChI is InChI=1S/C11H10N2O5S/c1-4-10(19-13-12-4)9(16)8-6(14)2-5(11(17)18)3-7(8)15/h5,8H,2-3H2,1H3,(H,17,18). The number of aryl methyl sites for hydroxylation is 1. The van der Waals surface area contributed by atoms with Crippen LogP contribution in [-0.2, 0) is 14.4 Å². The summed E-state index contributed by atoms with van der Waals surface area (Å²) in [5.74, 6) is -5.50. The molecule has 19 heavy (non-hydrogen) atoms. The number of carboxylic acids is 1. The van der Waals surface area contributed by atoms with Crippen molar-refractivity contribution in [2.24, 2.45) is 11.8 Å². The zero-order valence-electron chi connectivity index (χ0n) is 9.95. The van der Waals surface area contributed by atoms with Gasteiger partial charge in [-0.15, -0.1) is 5.10 Å². The minimum absolute atomic E-state index is 0.181. The largest absolute Gasteiger partial charge is 0.481 e. The maximum Gasteiger partial charge on any atom is 0.307 e. The Hall–Kier alpha value is -1.96. The van der Waals surface area contributed by atoms with Crippen molar-refractivity contribution < 1.29 is 24.3 Å². The van der Waals surface area contributed by atoms with Crippen LogP contribution in [0, 0.1) is 18.8 Å². The van der Waals surface area contributed by atoms with Gasteiger partial charge in [-0.3, -0.25) is 19.2 Å². The van der Waals surface area contributed by atoms with E-state index < -0.39 is 35.2 Å². The zero-order valence-corrected chi connectivity index (χ0v) is 10.8. The van der Waals surface area contributed by atoms with E-state index in [1.165, 1.54) is 0 Å². The number of nitrogens with zero attached hydrogens (tertiary/aromatic N) is 2. The number of rotatable bonds is 3. The Bertz CT molecular complexity index is 561. The molecule has 0 atom stereocenters. The predicted octanol–water partition coefficient (Wildman–Crippen LogP) is 0.278. The second-order valence-electron chi connectivity index (χ2n) is 4.36. The number of aliphatic carboxylic acids is 1. The summed E-state index contributed by atoms with van der Waals surface area (Å²) in [7, 11) is 0. The first-order valence-electron chi connectivity index (χ1n) is 5.53. The minimum atomic E-state index is -1.39. The molecule has 0 aromatic carbocycles. The molecule has 7 nitrogen and oxygen atoms in total. The summed E-state index contributed by atoms with van der Waals surface area (Å²) >= 11 is 0.831. The molecule has 1 heterocycles. The van der Waals surface area contributed by atoms with Crippen molar-refractivity contribution in [1.82, 2.24) is 9.59 Å². The summed E-state index contributed by atoms with van der Waals surface area (Å²) < 4.78 is 3.58. The molecule has 1 aliphatic carbocycles. The summed E-state index contributed by atoms with van der Waals surface area (Å²) in [6.45, 7) is 1.56. The first-order valence-corrected chi connectivity index (χ1v) is 6.30. The van der Waals surface area contributed by atoms with Gasteiger partial charge in [-0.2, -0.15) is 0 Å². The lowest BCUT2D eigenvalue weighted by Gasteiger charge is -2.22. The van der Waals surface area contributed by atoms with E-state index in [1.807, 2.05) is 0 Å². The summed E-state index contributed by atoms with van der Waals surface area (Å²) in [6, 6.07) is 0. The third-order valence-corrected chi connectivity index (χ3v) is 3.87. The lowest BCUT2D eigenvalue weighted by molar-refractivity contribution is -0.149. The fourth-order valence-corrected chi connectivity index (χ4v) is 2.65. The molecule has 0 aliphatic heterocycles. The monoisotopic (exact) mass is 282 g/mol. The number of hydrogen-bond donors (Lipinski definition) is 1. The van der Waals surface area contributed by atoms with Crippen molar-refractivity contribution in [3.8, 4) is 0 Å². The Morgan fingerprint density at radius 2 is 1.84 bits per heavy atom. The van der Waals surface area contributed by atoms with E-state index >= 15 is 0 Å². The highest BCUT2D eigenvalue weighted by molar-refractivity contribution is 7.08. The quantitative estimate of drug-likeness (QED) is 0.625. The van der Waals surface area contributed by atoms with Crippen molar-refractivity contribution in [3.05, 3.63) is 10.6 Å². The van der Waals surface area contributed by atoms with Crippen LogP contribution in [0.1, 0.15) is 28.2 Å². The van der Waals surface area contributed by atoms with E-state index in [9.17, 15) is 19.2 Å². The van der Waals surface area contributed by atoms with E-state index in [0.29, 0.717) is 5.69 Å². The average Bonchev–Trinajstić information content (AvgIpc) is 2.74. The molecule has 0 spiro atoms. The Kier molecular flexibility index (Phi) is 3.52. The lowest BCUT2D eigenvalue weighted by atomic mass is 9.77. The molecule has 1 aromatic heterocycles. The third kappa shape index (κ3) is 2.43. The minimum Gasteiger partial charge on any atom is -0.481 e. The fourth-order valence-electron chi connectivity index (χ4n) is 2.03. The van der Waals surface area contributed by atoms with E-state index in [4.69, 9.17) is 5.11 Å². The van der Waals surface area contributed by atoms with Gasteiger partial charge in [0.25, 0.3) is 0 Å².